The van der Waals surface area contributed by atoms with E-state index < -0.39 is 0 Å². The minimum atomic E-state index is -0.364. The summed E-state index contributed by atoms with van der Waals surface area (Å²) in [6.07, 6.45) is 4.57. The van der Waals surface area contributed by atoms with Crippen LogP contribution in [-0.4, -0.2) is 22.1 Å². The molecule has 2 unspecified atom stereocenters. The molecule has 0 radical (unpaired) electrons. The normalized spacial score (nSPS) is 22.7. The van der Waals surface area contributed by atoms with E-state index in [1.54, 1.807) is 13.8 Å². The molecule has 0 aliphatic heterocycles. The van der Waals surface area contributed by atoms with Crippen LogP contribution in [0.15, 0.2) is 6.20 Å². The Morgan fingerprint density at radius 1 is 1.53 bits per heavy atom. The van der Waals surface area contributed by atoms with Crippen molar-refractivity contribution in [2.45, 2.75) is 51.9 Å². The first-order valence-electron chi connectivity index (χ1n) is 6.47. The van der Waals surface area contributed by atoms with E-state index in [1.807, 2.05) is 0 Å². The van der Waals surface area contributed by atoms with Gasteiger partial charge in [-0.05, 0) is 33.1 Å². The van der Waals surface area contributed by atoms with E-state index in [9.17, 15) is 10.1 Å². The number of ether oxygens (including phenoxy) is 1. The average molecular weight is 265 g/mol. The molecule has 0 amide bonds. The fourth-order valence-electron chi connectivity index (χ4n) is 2.54. The summed E-state index contributed by atoms with van der Waals surface area (Å²) in [6.45, 7) is 3.69. The highest BCUT2D eigenvalue weighted by Gasteiger charge is 2.25. The number of nitro groups is 1. The van der Waals surface area contributed by atoms with Gasteiger partial charge in [0, 0.05) is 17.8 Å². The summed E-state index contributed by atoms with van der Waals surface area (Å²) in [6, 6.07) is 0.0701. The summed E-state index contributed by atoms with van der Waals surface area (Å²) in [7, 11) is 0. The van der Waals surface area contributed by atoms with Gasteiger partial charge in [0.05, 0.1) is 28.9 Å². The van der Waals surface area contributed by atoms with Gasteiger partial charge in [-0.1, -0.05) is 0 Å². The lowest BCUT2D eigenvalue weighted by Crippen LogP contribution is -2.31. The van der Waals surface area contributed by atoms with Gasteiger partial charge in [0.15, 0.2) is 0 Å². The van der Waals surface area contributed by atoms with Gasteiger partial charge >= 0.3 is 0 Å². The average Bonchev–Trinajstić information content (AvgIpc) is 2.73. The van der Waals surface area contributed by atoms with Crippen molar-refractivity contribution in [1.82, 2.24) is 4.98 Å². The van der Waals surface area contributed by atoms with E-state index in [1.165, 1.54) is 6.20 Å². The summed E-state index contributed by atoms with van der Waals surface area (Å²) in [5.74, 6) is 0. The molecule has 1 saturated carbocycles. The SMILES string of the molecule is Cc1cnc(COC2CCCC2N)c(C)c1[N+](=O)[O-]. The molecule has 0 saturated heterocycles. The van der Waals surface area contributed by atoms with Crippen molar-refractivity contribution < 1.29 is 9.66 Å². The Morgan fingerprint density at radius 2 is 2.26 bits per heavy atom. The number of aryl methyl sites for hydroxylation is 1. The Hall–Kier alpha value is -1.53. The van der Waals surface area contributed by atoms with Crippen molar-refractivity contribution in [3.05, 3.63) is 33.1 Å². The molecule has 0 aromatic carbocycles. The number of rotatable bonds is 4. The van der Waals surface area contributed by atoms with Crippen LogP contribution in [0.2, 0.25) is 0 Å². The third kappa shape index (κ3) is 2.90. The second-order valence-corrected chi connectivity index (χ2v) is 5.06. The van der Waals surface area contributed by atoms with Gasteiger partial charge in [-0.15, -0.1) is 0 Å². The highest BCUT2D eigenvalue weighted by molar-refractivity contribution is 5.47. The van der Waals surface area contributed by atoms with Crippen molar-refractivity contribution in [3.63, 3.8) is 0 Å². The predicted octanol–water partition coefficient (Wildman–Crippen LogP) is 2.00. The number of pyridine rings is 1. The summed E-state index contributed by atoms with van der Waals surface area (Å²) in [4.78, 5) is 14.9. The Morgan fingerprint density at radius 3 is 2.84 bits per heavy atom. The molecule has 2 atom stereocenters. The molecule has 1 aromatic heterocycles. The van der Waals surface area contributed by atoms with Gasteiger partial charge in [0.25, 0.3) is 5.69 Å². The minimum Gasteiger partial charge on any atom is -0.370 e. The molecule has 1 aliphatic rings. The molecule has 0 spiro atoms. The predicted molar refractivity (Wildman–Crippen MR) is 70.8 cm³/mol. The van der Waals surface area contributed by atoms with Crippen LogP contribution in [-0.2, 0) is 11.3 Å². The molecule has 6 nitrogen and oxygen atoms in total. The van der Waals surface area contributed by atoms with Crippen LogP contribution < -0.4 is 5.73 Å². The smallest absolute Gasteiger partial charge is 0.278 e. The Balaban J connectivity index is 2.12. The van der Waals surface area contributed by atoms with Gasteiger partial charge < -0.3 is 10.5 Å². The van der Waals surface area contributed by atoms with Gasteiger partial charge in [0.1, 0.15) is 0 Å². The van der Waals surface area contributed by atoms with Crippen molar-refractivity contribution >= 4 is 5.69 Å². The van der Waals surface area contributed by atoms with Crippen LogP contribution in [0.25, 0.3) is 0 Å². The first-order chi connectivity index (χ1) is 9.00. The number of hydrogen-bond acceptors (Lipinski definition) is 5. The topological polar surface area (TPSA) is 91.3 Å². The first kappa shape index (κ1) is 13.9. The van der Waals surface area contributed by atoms with E-state index in [-0.39, 0.29) is 29.4 Å². The summed E-state index contributed by atoms with van der Waals surface area (Å²) < 4.78 is 5.75. The lowest BCUT2D eigenvalue weighted by atomic mass is 10.1. The van der Waals surface area contributed by atoms with Crippen LogP contribution in [0, 0.1) is 24.0 Å². The van der Waals surface area contributed by atoms with Crippen LogP contribution in [0.1, 0.15) is 36.1 Å². The van der Waals surface area contributed by atoms with Crippen LogP contribution in [0.4, 0.5) is 5.69 Å². The molecule has 0 bridgehead atoms. The highest BCUT2D eigenvalue weighted by atomic mass is 16.6. The highest BCUT2D eigenvalue weighted by Crippen LogP contribution is 2.26. The van der Waals surface area contributed by atoms with E-state index in [0.717, 1.165) is 19.3 Å². The quantitative estimate of drug-likeness (QED) is 0.664. The molecule has 104 valence electrons. The number of nitrogens with two attached hydrogens (primary N) is 1. The van der Waals surface area contributed by atoms with E-state index in [4.69, 9.17) is 10.5 Å². The summed E-state index contributed by atoms with van der Waals surface area (Å²) >= 11 is 0. The van der Waals surface area contributed by atoms with E-state index in [2.05, 4.69) is 4.98 Å². The number of nitrogens with zero attached hydrogens (tertiary/aromatic N) is 2. The van der Waals surface area contributed by atoms with Crippen LogP contribution >= 0.6 is 0 Å². The van der Waals surface area contributed by atoms with Gasteiger partial charge in [0.2, 0.25) is 0 Å². The monoisotopic (exact) mass is 265 g/mol. The number of hydrogen-bond donors (Lipinski definition) is 1. The Bertz CT molecular complexity index is 490. The molecular weight excluding hydrogens is 246 g/mol. The second kappa shape index (κ2) is 5.63. The van der Waals surface area contributed by atoms with Crippen molar-refractivity contribution in [1.29, 1.82) is 0 Å². The zero-order valence-corrected chi connectivity index (χ0v) is 11.3. The lowest BCUT2D eigenvalue weighted by molar-refractivity contribution is -0.386. The van der Waals surface area contributed by atoms with Crippen LogP contribution in [0.5, 0.6) is 0 Å². The van der Waals surface area contributed by atoms with E-state index in [0.29, 0.717) is 16.8 Å². The summed E-state index contributed by atoms with van der Waals surface area (Å²) in [5.41, 5.74) is 7.83. The molecule has 2 N–H and O–H groups in total. The maximum absolute atomic E-state index is 11.0. The number of aromatic nitrogens is 1. The van der Waals surface area contributed by atoms with Crippen molar-refractivity contribution in [3.8, 4) is 0 Å². The largest absolute Gasteiger partial charge is 0.370 e. The zero-order valence-electron chi connectivity index (χ0n) is 11.3. The van der Waals surface area contributed by atoms with E-state index >= 15 is 0 Å². The molecule has 2 rings (SSSR count). The van der Waals surface area contributed by atoms with Crippen molar-refractivity contribution in [2.24, 2.45) is 5.73 Å². The lowest BCUT2D eigenvalue weighted by Gasteiger charge is -2.16. The van der Waals surface area contributed by atoms with Crippen LogP contribution in [0.3, 0.4) is 0 Å². The first-order valence-corrected chi connectivity index (χ1v) is 6.47. The maximum Gasteiger partial charge on any atom is 0.278 e. The third-order valence-electron chi connectivity index (χ3n) is 3.70. The third-order valence-corrected chi connectivity index (χ3v) is 3.70. The molecule has 1 heterocycles. The Kier molecular flexibility index (Phi) is 4.11. The molecule has 6 heteroatoms. The van der Waals surface area contributed by atoms with Crippen molar-refractivity contribution in [2.75, 3.05) is 0 Å². The fraction of sp³-hybridized carbons (Fsp3) is 0.615. The fourth-order valence-corrected chi connectivity index (χ4v) is 2.54. The van der Waals surface area contributed by atoms with Gasteiger partial charge in [-0.2, -0.15) is 0 Å². The minimum absolute atomic E-state index is 0.0431. The standard InChI is InChI=1S/C13H19N3O3/c1-8-6-15-11(9(2)13(8)16(17)18)7-19-12-5-3-4-10(12)14/h6,10,12H,3-5,7,14H2,1-2H3. The molecule has 1 fully saturated rings. The molecular formula is C13H19N3O3. The zero-order chi connectivity index (χ0) is 14.0. The van der Waals surface area contributed by atoms with Gasteiger partial charge in [-0.25, -0.2) is 0 Å². The summed E-state index contributed by atoms with van der Waals surface area (Å²) in [5, 5.41) is 11.0. The molecule has 1 aromatic rings. The Labute approximate surface area is 112 Å². The molecule has 19 heavy (non-hydrogen) atoms. The second-order valence-electron chi connectivity index (χ2n) is 5.06. The molecule has 1 aliphatic carbocycles. The maximum atomic E-state index is 11.0. The van der Waals surface area contributed by atoms with Gasteiger partial charge in [-0.3, -0.25) is 15.1 Å².